The number of rotatable bonds is 5. The van der Waals surface area contributed by atoms with Crippen molar-refractivity contribution in [1.29, 1.82) is 0 Å². The minimum absolute atomic E-state index is 0.148. The number of aromatic amines is 2. The Kier molecular flexibility index (Phi) is 4.97. The van der Waals surface area contributed by atoms with Crippen molar-refractivity contribution in [3.8, 4) is 11.5 Å². The van der Waals surface area contributed by atoms with E-state index in [-0.39, 0.29) is 11.9 Å². The van der Waals surface area contributed by atoms with E-state index in [1.807, 2.05) is 24.5 Å². The number of piperidine rings is 1. The van der Waals surface area contributed by atoms with Gasteiger partial charge in [-0.25, -0.2) is 19.3 Å². The van der Waals surface area contributed by atoms with Crippen LogP contribution in [0, 0.1) is 5.82 Å². The highest BCUT2D eigenvalue weighted by Crippen LogP contribution is 2.29. The smallest absolute Gasteiger partial charge is 0.223 e. The lowest BCUT2D eigenvalue weighted by Gasteiger charge is -2.31. The molecule has 0 saturated carbocycles. The lowest BCUT2D eigenvalue weighted by molar-refractivity contribution is 0.493. The van der Waals surface area contributed by atoms with E-state index in [2.05, 4.69) is 45.6 Å². The third kappa shape index (κ3) is 4.04. The van der Waals surface area contributed by atoms with Gasteiger partial charge in [0.25, 0.3) is 0 Å². The highest BCUT2D eigenvalue weighted by molar-refractivity contribution is 5.55. The minimum atomic E-state index is -0.191. The van der Waals surface area contributed by atoms with E-state index in [0.29, 0.717) is 17.7 Å². The first-order chi connectivity index (χ1) is 16.2. The highest BCUT2D eigenvalue weighted by atomic mass is 19.1. The molecule has 4 heterocycles. The monoisotopic (exact) mass is 445 g/mol. The number of aromatic nitrogens is 7. The summed E-state index contributed by atoms with van der Waals surface area (Å²) in [4.78, 5) is 19.3. The number of fused-ring (bicyclic) bond motifs is 1. The molecular formula is C23H24FN9. The van der Waals surface area contributed by atoms with Crippen LogP contribution in [-0.4, -0.2) is 54.5 Å². The Hall–Kier alpha value is -3.82. The van der Waals surface area contributed by atoms with Crippen molar-refractivity contribution in [1.82, 2.24) is 35.3 Å². The standard InChI is InChI=1S/C23H24FN9/c24-17-2-1-15-10-18(11-16(15)9-17)28-23-25-6-3-19(29-23)22-26-13-21(30-22)33-7-4-14(5-8-33)20-12-27-32-31-20/h1-3,6,9,12-14,18H,4-5,7-8,10-11H2,(H,26,30)(H,25,28,29)(H,27,31,32). The number of hydrogen-bond acceptors (Lipinski definition) is 7. The van der Waals surface area contributed by atoms with Crippen LogP contribution in [0.25, 0.3) is 11.5 Å². The van der Waals surface area contributed by atoms with Crippen LogP contribution in [0.1, 0.15) is 35.6 Å². The molecule has 6 rings (SSSR count). The molecule has 1 aromatic carbocycles. The van der Waals surface area contributed by atoms with E-state index in [9.17, 15) is 4.39 Å². The predicted molar refractivity (Wildman–Crippen MR) is 121 cm³/mol. The van der Waals surface area contributed by atoms with Crippen LogP contribution in [0.2, 0.25) is 0 Å². The average Bonchev–Trinajstić information content (AvgIpc) is 3.60. The Bertz CT molecular complexity index is 1240. The van der Waals surface area contributed by atoms with Crippen molar-refractivity contribution in [2.24, 2.45) is 0 Å². The van der Waals surface area contributed by atoms with Crippen LogP contribution in [0.3, 0.4) is 0 Å². The quantitative estimate of drug-likeness (QED) is 0.433. The van der Waals surface area contributed by atoms with Crippen LogP contribution >= 0.6 is 0 Å². The van der Waals surface area contributed by atoms with Gasteiger partial charge in [0.1, 0.15) is 17.3 Å². The van der Waals surface area contributed by atoms with Crippen molar-refractivity contribution in [2.75, 3.05) is 23.3 Å². The number of imidazole rings is 1. The van der Waals surface area contributed by atoms with Gasteiger partial charge >= 0.3 is 0 Å². The number of H-pyrrole nitrogens is 2. The molecule has 0 bridgehead atoms. The van der Waals surface area contributed by atoms with E-state index in [1.54, 1.807) is 12.3 Å². The van der Waals surface area contributed by atoms with E-state index < -0.39 is 0 Å². The van der Waals surface area contributed by atoms with Gasteiger partial charge in [-0.2, -0.15) is 15.4 Å². The van der Waals surface area contributed by atoms with Gasteiger partial charge in [-0.05, 0) is 55.0 Å². The van der Waals surface area contributed by atoms with E-state index in [0.717, 1.165) is 61.5 Å². The fraction of sp³-hybridized carbons (Fsp3) is 0.348. The van der Waals surface area contributed by atoms with E-state index in [4.69, 9.17) is 0 Å². The largest absolute Gasteiger partial charge is 0.357 e. The Morgan fingerprint density at radius 3 is 2.76 bits per heavy atom. The van der Waals surface area contributed by atoms with Gasteiger partial charge in [0.2, 0.25) is 5.95 Å². The molecule has 4 aromatic rings. The molecule has 1 aliphatic carbocycles. The molecule has 1 aliphatic heterocycles. The summed E-state index contributed by atoms with van der Waals surface area (Å²) in [7, 11) is 0. The third-order valence-electron chi connectivity index (χ3n) is 6.58. The van der Waals surface area contributed by atoms with Crippen LogP contribution < -0.4 is 10.2 Å². The summed E-state index contributed by atoms with van der Waals surface area (Å²) < 4.78 is 13.5. The second-order valence-corrected chi connectivity index (χ2v) is 8.70. The van der Waals surface area contributed by atoms with E-state index >= 15 is 0 Å². The summed E-state index contributed by atoms with van der Waals surface area (Å²) in [6.45, 7) is 1.86. The lowest BCUT2D eigenvalue weighted by Crippen LogP contribution is -2.33. The number of benzene rings is 1. The van der Waals surface area contributed by atoms with Crippen molar-refractivity contribution in [3.63, 3.8) is 0 Å². The van der Waals surface area contributed by atoms with Crippen LogP contribution in [0.15, 0.2) is 42.9 Å². The summed E-state index contributed by atoms with van der Waals surface area (Å²) in [6, 6.07) is 7.00. The number of nitrogens with one attached hydrogen (secondary N) is 3. The zero-order valence-corrected chi connectivity index (χ0v) is 18.0. The van der Waals surface area contributed by atoms with Crippen molar-refractivity contribution in [2.45, 2.75) is 37.6 Å². The average molecular weight is 446 g/mol. The van der Waals surface area contributed by atoms with Gasteiger partial charge in [-0.3, -0.25) is 0 Å². The molecule has 9 nitrogen and oxygen atoms in total. The first kappa shape index (κ1) is 19.8. The van der Waals surface area contributed by atoms with Gasteiger partial charge in [-0.15, -0.1) is 0 Å². The summed E-state index contributed by atoms with van der Waals surface area (Å²) in [5, 5.41) is 14.3. The van der Waals surface area contributed by atoms with Crippen LogP contribution in [0.5, 0.6) is 0 Å². The molecule has 1 unspecified atom stereocenters. The molecule has 10 heteroatoms. The normalized spacial score (nSPS) is 18.5. The van der Waals surface area contributed by atoms with Gasteiger partial charge in [-0.1, -0.05) is 6.07 Å². The van der Waals surface area contributed by atoms with Crippen molar-refractivity contribution in [3.05, 3.63) is 65.5 Å². The van der Waals surface area contributed by atoms with Crippen molar-refractivity contribution < 1.29 is 4.39 Å². The Balaban J connectivity index is 1.11. The lowest BCUT2D eigenvalue weighted by atomic mass is 9.94. The maximum atomic E-state index is 13.5. The Morgan fingerprint density at radius 1 is 1.03 bits per heavy atom. The zero-order valence-electron chi connectivity index (χ0n) is 18.0. The second-order valence-electron chi connectivity index (χ2n) is 8.70. The molecule has 33 heavy (non-hydrogen) atoms. The number of nitrogens with zero attached hydrogens (tertiary/aromatic N) is 6. The first-order valence-electron chi connectivity index (χ1n) is 11.2. The number of anilines is 2. The fourth-order valence-corrected chi connectivity index (χ4v) is 4.86. The first-order valence-corrected chi connectivity index (χ1v) is 11.2. The van der Waals surface area contributed by atoms with Crippen LogP contribution in [0.4, 0.5) is 16.2 Å². The summed E-state index contributed by atoms with van der Waals surface area (Å²) >= 11 is 0. The molecule has 1 atom stereocenters. The Morgan fingerprint density at radius 2 is 1.91 bits per heavy atom. The number of hydrogen-bond donors (Lipinski definition) is 3. The molecule has 2 aliphatic rings. The molecular weight excluding hydrogens is 421 g/mol. The van der Waals surface area contributed by atoms with Gasteiger partial charge in [0.15, 0.2) is 5.82 Å². The summed E-state index contributed by atoms with van der Waals surface area (Å²) in [5.41, 5.74) is 3.99. The molecule has 3 N–H and O–H groups in total. The van der Waals surface area contributed by atoms with Crippen LogP contribution in [-0.2, 0) is 12.8 Å². The molecule has 1 fully saturated rings. The molecule has 168 valence electrons. The molecule has 0 amide bonds. The van der Waals surface area contributed by atoms with Crippen molar-refractivity contribution >= 4 is 11.8 Å². The predicted octanol–water partition coefficient (Wildman–Crippen LogP) is 3.09. The Labute approximate surface area is 189 Å². The minimum Gasteiger partial charge on any atom is -0.357 e. The van der Waals surface area contributed by atoms with Gasteiger partial charge < -0.3 is 15.2 Å². The molecule has 0 spiro atoms. The highest BCUT2D eigenvalue weighted by Gasteiger charge is 2.24. The summed E-state index contributed by atoms with van der Waals surface area (Å²) in [5.74, 6) is 2.51. The second kappa shape index (κ2) is 8.27. The number of halogens is 1. The maximum absolute atomic E-state index is 13.5. The molecule has 1 saturated heterocycles. The third-order valence-corrected chi connectivity index (χ3v) is 6.58. The SMILES string of the molecule is Fc1ccc2c(c1)CC(Nc1nccc(-c3ncc(N4CCC(c5cn[nH]n5)CC4)[nH]3)n1)C2. The molecule has 0 radical (unpaired) electrons. The summed E-state index contributed by atoms with van der Waals surface area (Å²) in [6.07, 6.45) is 9.06. The zero-order chi connectivity index (χ0) is 22.2. The van der Waals surface area contributed by atoms with E-state index in [1.165, 1.54) is 11.6 Å². The topological polar surface area (TPSA) is 111 Å². The molecule has 3 aromatic heterocycles. The van der Waals surface area contributed by atoms with Gasteiger partial charge in [0, 0.05) is 31.2 Å². The fourth-order valence-electron chi connectivity index (χ4n) is 4.86. The maximum Gasteiger partial charge on any atom is 0.223 e. The van der Waals surface area contributed by atoms with Gasteiger partial charge in [0.05, 0.1) is 18.1 Å².